The Labute approximate surface area is 190 Å². The summed E-state index contributed by atoms with van der Waals surface area (Å²) in [5.41, 5.74) is 3.98. The standard InChI is InChI=1S/C26H23N3O2S/c1-17-16-20(18-10-4-2-5-11-18)27-25-21(17)22(28-24(30)19-12-6-3-7-13-19)23(32-25)26(31)29-14-8-9-15-29/h2-7,10-13,16H,8-9,14-15H2,1H3,(H,28,30). The van der Waals surface area contributed by atoms with Crippen molar-refractivity contribution in [1.29, 1.82) is 0 Å². The van der Waals surface area contributed by atoms with Crippen LogP contribution in [0.4, 0.5) is 5.69 Å². The second-order valence-electron chi connectivity index (χ2n) is 8.00. The number of likely N-dealkylation sites (tertiary alicyclic amines) is 1. The predicted molar refractivity (Wildman–Crippen MR) is 129 cm³/mol. The number of fused-ring (bicyclic) bond motifs is 1. The Bertz CT molecular complexity index is 1290. The third kappa shape index (κ3) is 3.78. The number of carbonyl (C=O) groups is 2. The van der Waals surface area contributed by atoms with E-state index in [1.165, 1.54) is 11.3 Å². The zero-order valence-electron chi connectivity index (χ0n) is 17.8. The summed E-state index contributed by atoms with van der Waals surface area (Å²) in [6, 6.07) is 21.1. The molecule has 0 radical (unpaired) electrons. The maximum atomic E-state index is 13.4. The third-order valence-electron chi connectivity index (χ3n) is 5.79. The van der Waals surface area contributed by atoms with Gasteiger partial charge < -0.3 is 10.2 Å². The lowest BCUT2D eigenvalue weighted by atomic mass is 10.1. The molecule has 6 heteroatoms. The molecule has 0 saturated carbocycles. The first-order valence-electron chi connectivity index (χ1n) is 10.8. The molecule has 5 nitrogen and oxygen atoms in total. The van der Waals surface area contributed by atoms with E-state index in [9.17, 15) is 9.59 Å². The first kappa shape index (κ1) is 20.4. The van der Waals surface area contributed by atoms with Crippen LogP contribution in [0, 0.1) is 6.92 Å². The Kier molecular flexibility index (Phi) is 5.45. The van der Waals surface area contributed by atoms with E-state index in [2.05, 4.69) is 5.32 Å². The highest BCUT2D eigenvalue weighted by molar-refractivity contribution is 7.21. The van der Waals surface area contributed by atoms with Gasteiger partial charge in [0.15, 0.2) is 0 Å². The fourth-order valence-electron chi connectivity index (χ4n) is 4.15. The van der Waals surface area contributed by atoms with Gasteiger partial charge in [0.05, 0.1) is 11.4 Å². The molecule has 4 aromatic rings. The van der Waals surface area contributed by atoms with E-state index < -0.39 is 0 Å². The van der Waals surface area contributed by atoms with Gasteiger partial charge in [-0.1, -0.05) is 48.5 Å². The van der Waals surface area contributed by atoms with Crippen LogP contribution in [0.1, 0.15) is 38.4 Å². The lowest BCUT2D eigenvalue weighted by Gasteiger charge is -2.15. The molecule has 32 heavy (non-hydrogen) atoms. The second-order valence-corrected chi connectivity index (χ2v) is 9.00. The number of nitrogens with zero attached hydrogens (tertiary/aromatic N) is 2. The van der Waals surface area contributed by atoms with Crippen LogP contribution in [0.2, 0.25) is 0 Å². The minimum Gasteiger partial charge on any atom is -0.338 e. The minimum atomic E-state index is -0.229. The average Bonchev–Trinajstić information content (AvgIpc) is 3.49. The highest BCUT2D eigenvalue weighted by atomic mass is 32.1. The molecule has 0 unspecified atom stereocenters. The van der Waals surface area contributed by atoms with E-state index in [4.69, 9.17) is 4.98 Å². The molecular weight excluding hydrogens is 418 g/mol. The minimum absolute atomic E-state index is 0.0328. The van der Waals surface area contributed by atoms with Gasteiger partial charge in [-0.15, -0.1) is 11.3 Å². The molecule has 0 spiro atoms. The lowest BCUT2D eigenvalue weighted by Crippen LogP contribution is -2.28. The Balaban J connectivity index is 1.64. The van der Waals surface area contributed by atoms with Gasteiger partial charge in [-0.3, -0.25) is 9.59 Å². The van der Waals surface area contributed by atoms with Crippen LogP contribution in [0.25, 0.3) is 21.5 Å². The van der Waals surface area contributed by atoms with Gasteiger partial charge in [0.1, 0.15) is 9.71 Å². The Morgan fingerprint density at radius 1 is 0.969 bits per heavy atom. The zero-order valence-corrected chi connectivity index (χ0v) is 18.6. The highest BCUT2D eigenvalue weighted by Crippen LogP contribution is 2.40. The third-order valence-corrected chi connectivity index (χ3v) is 6.86. The molecule has 160 valence electrons. The topological polar surface area (TPSA) is 62.3 Å². The zero-order chi connectivity index (χ0) is 22.1. The molecule has 1 aliphatic rings. The van der Waals surface area contributed by atoms with Crippen molar-refractivity contribution in [2.24, 2.45) is 0 Å². The molecule has 5 rings (SSSR count). The number of amides is 2. The van der Waals surface area contributed by atoms with Gasteiger partial charge in [-0.2, -0.15) is 0 Å². The van der Waals surface area contributed by atoms with Crippen LogP contribution >= 0.6 is 11.3 Å². The van der Waals surface area contributed by atoms with Crippen molar-refractivity contribution in [3.63, 3.8) is 0 Å². The average molecular weight is 442 g/mol. The first-order valence-corrected chi connectivity index (χ1v) is 11.6. The van der Waals surface area contributed by atoms with Crippen LogP contribution in [0.15, 0.2) is 66.7 Å². The van der Waals surface area contributed by atoms with Gasteiger partial charge in [0.2, 0.25) is 0 Å². The van der Waals surface area contributed by atoms with Crippen LogP contribution in [-0.4, -0.2) is 34.8 Å². The van der Waals surface area contributed by atoms with Crippen molar-refractivity contribution in [1.82, 2.24) is 9.88 Å². The lowest BCUT2D eigenvalue weighted by molar-refractivity contribution is 0.0798. The molecular formula is C26H23N3O2S. The van der Waals surface area contributed by atoms with Crippen molar-refractivity contribution < 1.29 is 9.59 Å². The van der Waals surface area contributed by atoms with E-state index in [1.807, 2.05) is 66.4 Å². The summed E-state index contributed by atoms with van der Waals surface area (Å²) in [6.45, 7) is 3.51. The molecule has 1 fully saturated rings. The number of hydrogen-bond acceptors (Lipinski definition) is 4. The molecule has 0 atom stereocenters. The number of hydrogen-bond donors (Lipinski definition) is 1. The molecule has 2 amide bonds. The summed E-state index contributed by atoms with van der Waals surface area (Å²) < 4.78 is 0. The summed E-state index contributed by atoms with van der Waals surface area (Å²) >= 11 is 1.36. The van der Waals surface area contributed by atoms with Crippen LogP contribution in [0.3, 0.4) is 0 Å². The molecule has 3 heterocycles. The van der Waals surface area contributed by atoms with Crippen LogP contribution < -0.4 is 5.32 Å². The van der Waals surface area contributed by atoms with E-state index in [0.717, 1.165) is 53.0 Å². The number of anilines is 1. The Morgan fingerprint density at radius 2 is 1.62 bits per heavy atom. The number of nitrogens with one attached hydrogen (secondary N) is 1. The van der Waals surface area contributed by atoms with Crippen molar-refractivity contribution >= 4 is 39.1 Å². The molecule has 1 aliphatic heterocycles. The fourth-order valence-corrected chi connectivity index (χ4v) is 5.32. The monoisotopic (exact) mass is 441 g/mol. The maximum Gasteiger partial charge on any atom is 0.266 e. The van der Waals surface area contributed by atoms with Gasteiger partial charge in [-0.25, -0.2) is 4.98 Å². The number of aryl methyl sites for hydroxylation is 1. The van der Waals surface area contributed by atoms with E-state index in [1.54, 1.807) is 12.1 Å². The number of carbonyl (C=O) groups excluding carboxylic acids is 2. The number of rotatable bonds is 4. The summed E-state index contributed by atoms with van der Waals surface area (Å²) in [4.78, 5) is 34.4. The van der Waals surface area contributed by atoms with Crippen molar-refractivity contribution in [3.8, 4) is 11.3 Å². The number of benzene rings is 2. The highest BCUT2D eigenvalue weighted by Gasteiger charge is 2.28. The van der Waals surface area contributed by atoms with Crippen molar-refractivity contribution in [2.45, 2.75) is 19.8 Å². The Morgan fingerprint density at radius 3 is 2.31 bits per heavy atom. The molecule has 2 aromatic heterocycles. The van der Waals surface area contributed by atoms with Crippen LogP contribution in [-0.2, 0) is 0 Å². The largest absolute Gasteiger partial charge is 0.338 e. The smallest absolute Gasteiger partial charge is 0.266 e. The van der Waals surface area contributed by atoms with E-state index >= 15 is 0 Å². The number of thiophene rings is 1. The molecule has 1 N–H and O–H groups in total. The van der Waals surface area contributed by atoms with Gasteiger partial charge in [-0.05, 0) is 43.5 Å². The van der Waals surface area contributed by atoms with Crippen LogP contribution in [0.5, 0.6) is 0 Å². The van der Waals surface area contributed by atoms with Gasteiger partial charge >= 0.3 is 0 Å². The maximum absolute atomic E-state index is 13.4. The fraction of sp³-hybridized carbons (Fsp3) is 0.192. The summed E-state index contributed by atoms with van der Waals surface area (Å²) in [5, 5.41) is 3.87. The summed E-state index contributed by atoms with van der Waals surface area (Å²) in [7, 11) is 0. The number of pyridine rings is 1. The summed E-state index contributed by atoms with van der Waals surface area (Å²) in [5.74, 6) is -0.262. The quantitative estimate of drug-likeness (QED) is 0.438. The Hall–Kier alpha value is -3.51. The molecule has 0 aliphatic carbocycles. The van der Waals surface area contributed by atoms with Crippen molar-refractivity contribution in [2.75, 3.05) is 18.4 Å². The number of aromatic nitrogens is 1. The molecule has 1 saturated heterocycles. The van der Waals surface area contributed by atoms with Gasteiger partial charge in [0, 0.05) is 29.6 Å². The second kappa shape index (κ2) is 8.55. The van der Waals surface area contributed by atoms with E-state index in [-0.39, 0.29) is 11.8 Å². The normalized spacial score (nSPS) is 13.5. The van der Waals surface area contributed by atoms with Gasteiger partial charge in [0.25, 0.3) is 11.8 Å². The molecule has 2 aromatic carbocycles. The SMILES string of the molecule is Cc1cc(-c2ccccc2)nc2sc(C(=O)N3CCCC3)c(NC(=O)c3ccccc3)c12. The van der Waals surface area contributed by atoms with Crippen molar-refractivity contribution in [3.05, 3.63) is 82.7 Å². The van der Waals surface area contributed by atoms with E-state index in [0.29, 0.717) is 16.1 Å². The first-order chi connectivity index (χ1) is 15.6. The predicted octanol–water partition coefficient (Wildman–Crippen LogP) is 5.76. The summed E-state index contributed by atoms with van der Waals surface area (Å²) in [6.07, 6.45) is 2.02. The molecule has 0 bridgehead atoms.